The van der Waals surface area contributed by atoms with Crippen molar-refractivity contribution in [3.05, 3.63) is 65.3 Å². The largest absolute Gasteiger partial charge is 0.497 e. The Hall–Kier alpha value is -3.79. The Labute approximate surface area is 210 Å². The van der Waals surface area contributed by atoms with Crippen LogP contribution in [0.4, 0.5) is 11.4 Å². The maximum absolute atomic E-state index is 13.1. The van der Waals surface area contributed by atoms with Crippen LogP contribution in [0.25, 0.3) is 5.69 Å². The quantitative estimate of drug-likeness (QED) is 0.451. The summed E-state index contributed by atoms with van der Waals surface area (Å²) in [6, 6.07) is 15.7. The van der Waals surface area contributed by atoms with Crippen LogP contribution in [0.3, 0.4) is 0 Å². The predicted octanol–water partition coefficient (Wildman–Crippen LogP) is 2.21. The van der Waals surface area contributed by atoms with Crippen molar-refractivity contribution in [1.82, 2.24) is 14.3 Å². The number of methoxy groups -OCH3 is 1. The average molecular weight is 495 g/mol. The predicted molar refractivity (Wildman–Crippen MR) is 139 cm³/mol. The summed E-state index contributed by atoms with van der Waals surface area (Å²) in [4.78, 5) is 29.4. The second kappa shape index (κ2) is 11.3. The number of nitrogens with zero attached hydrogens (tertiary/aromatic N) is 5. The molecule has 4 rings (SSSR count). The van der Waals surface area contributed by atoms with Gasteiger partial charge >= 0.3 is 11.7 Å². The van der Waals surface area contributed by atoms with Crippen LogP contribution in [0.15, 0.2) is 59.7 Å². The normalized spacial score (nSPS) is 15.4. The molecule has 1 aliphatic heterocycles. The third kappa shape index (κ3) is 5.38. The number of hydrogen-bond acceptors (Lipinski definition) is 8. The number of anilines is 2. The lowest BCUT2D eigenvalue weighted by molar-refractivity contribution is -0.148. The number of piperazine rings is 1. The first-order valence-corrected chi connectivity index (χ1v) is 12.2. The monoisotopic (exact) mass is 494 g/mol. The number of carbonyl (C=O) groups is 1. The first-order valence-electron chi connectivity index (χ1n) is 12.2. The van der Waals surface area contributed by atoms with Crippen LogP contribution in [0, 0.1) is 0 Å². The van der Waals surface area contributed by atoms with Gasteiger partial charge in [-0.1, -0.05) is 6.92 Å². The second-order valence-corrected chi connectivity index (χ2v) is 8.79. The smallest absolute Gasteiger partial charge is 0.350 e. The van der Waals surface area contributed by atoms with Crippen LogP contribution in [-0.2, 0) is 9.53 Å². The molecule has 1 saturated heterocycles. The molecular formula is C26H34N6O4. The first-order chi connectivity index (χ1) is 17.4. The summed E-state index contributed by atoms with van der Waals surface area (Å²) >= 11 is 0. The number of hydrogen-bond donors (Lipinski definition) is 1. The molecule has 0 unspecified atom stereocenters. The maximum Gasteiger partial charge on any atom is 0.350 e. The number of nitrogens with two attached hydrogens (primary N) is 1. The van der Waals surface area contributed by atoms with Crippen LogP contribution in [0.5, 0.6) is 5.75 Å². The lowest BCUT2D eigenvalue weighted by atomic mass is 10.1. The van der Waals surface area contributed by atoms with Crippen molar-refractivity contribution in [2.75, 3.05) is 49.6 Å². The molecule has 2 atom stereocenters. The molecule has 0 aliphatic carbocycles. The molecule has 2 aromatic carbocycles. The SMILES string of the molecule is CC[C@@H]([C@H](C)OC(=O)CN)n1ncn(-c2ccc(N3CCN(c4ccc(OC)cc4)CC3)cc2)c1=O. The lowest BCUT2D eigenvalue weighted by Crippen LogP contribution is -2.46. The van der Waals surface area contributed by atoms with Crippen molar-refractivity contribution < 1.29 is 14.3 Å². The molecular weight excluding hydrogens is 460 g/mol. The van der Waals surface area contributed by atoms with Crippen molar-refractivity contribution in [1.29, 1.82) is 0 Å². The molecule has 1 fully saturated rings. The van der Waals surface area contributed by atoms with Gasteiger partial charge in [0.05, 0.1) is 25.4 Å². The lowest BCUT2D eigenvalue weighted by Gasteiger charge is -2.37. The van der Waals surface area contributed by atoms with Gasteiger partial charge in [0.1, 0.15) is 18.2 Å². The number of aromatic nitrogens is 3. The summed E-state index contributed by atoms with van der Waals surface area (Å²) in [5.41, 5.74) is 8.11. The summed E-state index contributed by atoms with van der Waals surface area (Å²) in [5.74, 6) is 0.353. The van der Waals surface area contributed by atoms with Crippen LogP contribution in [0.1, 0.15) is 26.3 Å². The van der Waals surface area contributed by atoms with E-state index in [4.69, 9.17) is 15.2 Å². The van der Waals surface area contributed by atoms with E-state index in [0.29, 0.717) is 6.42 Å². The van der Waals surface area contributed by atoms with E-state index in [9.17, 15) is 9.59 Å². The molecule has 3 aromatic rings. The maximum atomic E-state index is 13.1. The zero-order valence-corrected chi connectivity index (χ0v) is 21.0. The fourth-order valence-electron chi connectivity index (χ4n) is 4.60. The molecule has 2 N–H and O–H groups in total. The van der Waals surface area contributed by atoms with E-state index in [1.165, 1.54) is 21.3 Å². The highest BCUT2D eigenvalue weighted by atomic mass is 16.5. The van der Waals surface area contributed by atoms with Crippen molar-refractivity contribution in [2.24, 2.45) is 5.73 Å². The molecule has 0 spiro atoms. The Morgan fingerprint density at radius 2 is 1.50 bits per heavy atom. The molecule has 0 bridgehead atoms. The van der Waals surface area contributed by atoms with E-state index in [2.05, 4.69) is 27.0 Å². The van der Waals surface area contributed by atoms with Gasteiger partial charge in [-0.05, 0) is 61.9 Å². The minimum absolute atomic E-state index is 0.201. The first kappa shape index (κ1) is 25.3. The van der Waals surface area contributed by atoms with Crippen LogP contribution >= 0.6 is 0 Å². The Morgan fingerprint density at radius 3 is 2.00 bits per heavy atom. The summed E-state index contributed by atoms with van der Waals surface area (Å²) in [6.45, 7) is 7.12. The van der Waals surface area contributed by atoms with Crippen LogP contribution in [0.2, 0.25) is 0 Å². The third-order valence-corrected chi connectivity index (χ3v) is 6.66. The molecule has 0 saturated carbocycles. The molecule has 2 heterocycles. The number of esters is 1. The van der Waals surface area contributed by atoms with Crippen molar-refractivity contribution in [3.63, 3.8) is 0 Å². The third-order valence-electron chi connectivity index (χ3n) is 6.66. The summed E-state index contributed by atoms with van der Waals surface area (Å²) < 4.78 is 13.5. The minimum Gasteiger partial charge on any atom is -0.497 e. The molecule has 10 nitrogen and oxygen atoms in total. The number of rotatable bonds is 9. The van der Waals surface area contributed by atoms with Gasteiger partial charge in [0.2, 0.25) is 0 Å². The van der Waals surface area contributed by atoms with E-state index in [-0.39, 0.29) is 18.3 Å². The molecule has 36 heavy (non-hydrogen) atoms. The zero-order chi connectivity index (χ0) is 25.7. The van der Waals surface area contributed by atoms with Gasteiger partial charge in [0.15, 0.2) is 0 Å². The molecule has 1 aliphatic rings. The Morgan fingerprint density at radius 1 is 0.972 bits per heavy atom. The highest BCUT2D eigenvalue weighted by molar-refractivity contribution is 5.71. The van der Waals surface area contributed by atoms with Crippen molar-refractivity contribution >= 4 is 17.3 Å². The van der Waals surface area contributed by atoms with Gasteiger partial charge in [-0.25, -0.2) is 14.0 Å². The Balaban J connectivity index is 1.42. The number of benzene rings is 2. The number of carbonyl (C=O) groups excluding carboxylic acids is 1. The topological polar surface area (TPSA) is 108 Å². The Bertz CT molecular complexity index is 1200. The van der Waals surface area contributed by atoms with E-state index in [0.717, 1.165) is 43.3 Å². The Kier molecular flexibility index (Phi) is 7.94. The van der Waals surface area contributed by atoms with Gasteiger partial charge in [-0.15, -0.1) is 0 Å². The molecule has 192 valence electrons. The average Bonchev–Trinajstić information content (AvgIpc) is 3.30. The van der Waals surface area contributed by atoms with Gasteiger partial charge in [0, 0.05) is 37.6 Å². The van der Waals surface area contributed by atoms with Gasteiger partial charge in [-0.3, -0.25) is 4.79 Å². The van der Waals surface area contributed by atoms with Gasteiger partial charge < -0.3 is 25.0 Å². The summed E-state index contributed by atoms with van der Waals surface area (Å²) in [5, 5.41) is 4.30. The van der Waals surface area contributed by atoms with E-state index in [1.807, 2.05) is 43.3 Å². The molecule has 1 aromatic heterocycles. The van der Waals surface area contributed by atoms with E-state index < -0.39 is 12.1 Å². The minimum atomic E-state index is -0.522. The summed E-state index contributed by atoms with van der Waals surface area (Å²) in [6.07, 6.45) is 1.56. The highest BCUT2D eigenvalue weighted by Gasteiger charge is 2.25. The summed E-state index contributed by atoms with van der Waals surface area (Å²) in [7, 11) is 1.67. The van der Waals surface area contributed by atoms with Gasteiger partial charge in [0.25, 0.3) is 0 Å². The molecule has 10 heteroatoms. The molecule has 0 radical (unpaired) electrons. The van der Waals surface area contributed by atoms with Crippen LogP contribution < -0.4 is 26.0 Å². The fraction of sp³-hybridized carbons (Fsp3) is 0.423. The highest BCUT2D eigenvalue weighted by Crippen LogP contribution is 2.24. The van der Waals surface area contributed by atoms with Crippen LogP contribution in [-0.4, -0.2) is 66.3 Å². The van der Waals surface area contributed by atoms with Gasteiger partial charge in [-0.2, -0.15) is 5.10 Å². The number of ether oxygens (including phenoxy) is 2. The fourth-order valence-corrected chi connectivity index (χ4v) is 4.60. The van der Waals surface area contributed by atoms with Crippen molar-refractivity contribution in [2.45, 2.75) is 32.4 Å². The van der Waals surface area contributed by atoms with E-state index in [1.54, 1.807) is 14.0 Å². The van der Waals surface area contributed by atoms with E-state index >= 15 is 0 Å². The second-order valence-electron chi connectivity index (χ2n) is 8.79. The standard InChI is InChI=1S/C26H34N6O4/c1-4-24(19(2)36-25(33)17-27)32-26(34)31(18-28-32)22-7-5-20(6-8-22)29-13-15-30(16-14-29)21-9-11-23(35-3)12-10-21/h5-12,18-19,24H,4,13-17,27H2,1-3H3/t19-,24-/m0/s1. The zero-order valence-electron chi connectivity index (χ0n) is 21.0. The van der Waals surface area contributed by atoms with Crippen molar-refractivity contribution in [3.8, 4) is 11.4 Å². The molecule has 0 amide bonds.